The first-order valence-electron chi connectivity index (χ1n) is 10.6. The molecular formula is C26H27F3N2OS. The van der Waals surface area contributed by atoms with E-state index in [-0.39, 0.29) is 5.75 Å². The Balaban J connectivity index is 2.01. The fraction of sp³-hybridized carbons (Fsp3) is 0.269. The predicted octanol–water partition coefficient (Wildman–Crippen LogP) is 7.66. The first-order chi connectivity index (χ1) is 15.6. The number of phenols is 1. The van der Waals surface area contributed by atoms with Crippen LogP contribution in [-0.4, -0.2) is 21.7 Å². The number of phenolic OH excluding ortho intramolecular Hbond substituents is 1. The van der Waals surface area contributed by atoms with E-state index in [9.17, 15) is 18.3 Å². The van der Waals surface area contributed by atoms with Crippen molar-refractivity contribution in [1.82, 2.24) is 4.90 Å². The molecule has 0 amide bonds. The lowest BCUT2D eigenvalue weighted by atomic mass is 10.1. The van der Waals surface area contributed by atoms with Crippen LogP contribution in [0.15, 0.2) is 82.7 Å². The third-order valence-corrected chi connectivity index (χ3v) is 5.78. The molecule has 0 fully saturated rings. The maximum Gasteiger partial charge on any atom is 0.416 e. The molecule has 0 heterocycles. The Morgan fingerprint density at radius 2 is 1.70 bits per heavy atom. The number of thioether (sulfide) groups is 1. The van der Waals surface area contributed by atoms with Gasteiger partial charge >= 0.3 is 6.18 Å². The molecule has 0 aromatic heterocycles. The highest BCUT2D eigenvalue weighted by molar-refractivity contribution is 8.13. The number of benzene rings is 3. The average molecular weight is 473 g/mol. The van der Waals surface area contributed by atoms with Crippen LogP contribution in [0, 0.1) is 12.8 Å². The maximum absolute atomic E-state index is 13.0. The van der Waals surface area contributed by atoms with Crippen molar-refractivity contribution in [2.75, 3.05) is 6.54 Å². The lowest BCUT2D eigenvalue weighted by molar-refractivity contribution is -0.137. The molecule has 3 aromatic rings. The fourth-order valence-electron chi connectivity index (χ4n) is 3.30. The highest BCUT2D eigenvalue weighted by Crippen LogP contribution is 2.32. The highest BCUT2D eigenvalue weighted by atomic mass is 32.2. The molecule has 0 unspecified atom stereocenters. The van der Waals surface area contributed by atoms with E-state index in [0.717, 1.165) is 28.2 Å². The van der Waals surface area contributed by atoms with Gasteiger partial charge in [0, 0.05) is 18.0 Å². The van der Waals surface area contributed by atoms with Crippen molar-refractivity contribution in [3.05, 3.63) is 89.5 Å². The van der Waals surface area contributed by atoms with Gasteiger partial charge in [0.1, 0.15) is 5.75 Å². The van der Waals surface area contributed by atoms with E-state index in [4.69, 9.17) is 4.99 Å². The number of rotatable bonds is 6. The van der Waals surface area contributed by atoms with Gasteiger partial charge in [-0.1, -0.05) is 55.4 Å². The first-order valence-corrected chi connectivity index (χ1v) is 11.4. The van der Waals surface area contributed by atoms with Crippen LogP contribution in [0.1, 0.15) is 30.5 Å². The fourth-order valence-corrected chi connectivity index (χ4v) is 4.33. The summed E-state index contributed by atoms with van der Waals surface area (Å²) in [4.78, 5) is 7.85. The van der Waals surface area contributed by atoms with Gasteiger partial charge < -0.3 is 10.0 Å². The summed E-state index contributed by atoms with van der Waals surface area (Å²) in [7, 11) is 0. The third-order valence-electron chi connectivity index (χ3n) is 4.76. The topological polar surface area (TPSA) is 35.8 Å². The minimum atomic E-state index is -4.39. The lowest BCUT2D eigenvalue weighted by Crippen LogP contribution is -2.32. The molecule has 0 radical (unpaired) electrons. The van der Waals surface area contributed by atoms with Gasteiger partial charge in [0.05, 0.1) is 11.3 Å². The van der Waals surface area contributed by atoms with Gasteiger partial charge in [-0.2, -0.15) is 13.2 Å². The Morgan fingerprint density at radius 1 is 1.00 bits per heavy atom. The van der Waals surface area contributed by atoms with E-state index in [2.05, 4.69) is 24.8 Å². The van der Waals surface area contributed by atoms with Gasteiger partial charge in [-0.05, 0) is 66.9 Å². The van der Waals surface area contributed by atoms with Crippen molar-refractivity contribution >= 4 is 22.6 Å². The lowest BCUT2D eigenvalue weighted by Gasteiger charge is -2.28. The Morgan fingerprint density at radius 3 is 2.30 bits per heavy atom. The van der Waals surface area contributed by atoms with Crippen LogP contribution in [0.5, 0.6) is 5.75 Å². The summed E-state index contributed by atoms with van der Waals surface area (Å²) < 4.78 is 39.0. The summed E-state index contributed by atoms with van der Waals surface area (Å²) in [5, 5.41) is 10.6. The first kappa shape index (κ1) is 24.7. The highest BCUT2D eigenvalue weighted by Gasteiger charge is 2.30. The molecule has 0 aliphatic heterocycles. The van der Waals surface area contributed by atoms with Crippen LogP contribution in [0.4, 0.5) is 18.9 Å². The number of halogens is 3. The summed E-state index contributed by atoms with van der Waals surface area (Å²) >= 11 is 1.47. The van der Waals surface area contributed by atoms with E-state index in [1.165, 1.54) is 23.9 Å². The Bertz CT molecular complexity index is 1100. The molecule has 3 nitrogen and oxygen atoms in total. The molecule has 0 bridgehead atoms. The van der Waals surface area contributed by atoms with Crippen LogP contribution >= 0.6 is 11.8 Å². The molecule has 0 aliphatic rings. The number of alkyl halides is 3. The number of nitrogens with zero attached hydrogens (tertiary/aromatic N) is 2. The van der Waals surface area contributed by atoms with Crippen molar-refractivity contribution < 1.29 is 18.3 Å². The van der Waals surface area contributed by atoms with Crippen molar-refractivity contribution in [3.8, 4) is 5.75 Å². The summed E-state index contributed by atoms with van der Waals surface area (Å²) in [6.07, 6.45) is -4.39. The number of aromatic hydroxyl groups is 1. The molecule has 0 spiro atoms. The van der Waals surface area contributed by atoms with E-state index < -0.39 is 11.7 Å². The van der Waals surface area contributed by atoms with Crippen LogP contribution in [-0.2, 0) is 12.7 Å². The zero-order chi connectivity index (χ0) is 24.0. The van der Waals surface area contributed by atoms with Crippen LogP contribution in [0.2, 0.25) is 0 Å². The quantitative estimate of drug-likeness (QED) is 0.227. The summed E-state index contributed by atoms with van der Waals surface area (Å²) in [6, 6.07) is 19.9. The van der Waals surface area contributed by atoms with E-state index in [1.807, 2.05) is 31.2 Å². The largest absolute Gasteiger partial charge is 0.508 e. The Labute approximate surface area is 197 Å². The molecule has 0 saturated heterocycles. The predicted molar refractivity (Wildman–Crippen MR) is 129 cm³/mol. The second-order valence-corrected chi connectivity index (χ2v) is 9.34. The van der Waals surface area contributed by atoms with Gasteiger partial charge in [-0.15, -0.1) is 0 Å². The molecule has 0 aliphatic carbocycles. The van der Waals surface area contributed by atoms with Gasteiger partial charge in [-0.25, -0.2) is 4.99 Å². The number of hydrogen-bond donors (Lipinski definition) is 1. The van der Waals surface area contributed by atoms with Crippen molar-refractivity contribution in [3.63, 3.8) is 0 Å². The molecule has 3 rings (SSSR count). The molecular weight excluding hydrogens is 445 g/mol. The van der Waals surface area contributed by atoms with Gasteiger partial charge in [0.15, 0.2) is 5.17 Å². The Hall–Kier alpha value is -2.93. The summed E-state index contributed by atoms with van der Waals surface area (Å²) in [6.45, 7) is 7.40. The number of amidine groups is 1. The van der Waals surface area contributed by atoms with Gasteiger partial charge in [0.25, 0.3) is 0 Å². The van der Waals surface area contributed by atoms with Gasteiger partial charge in [0.2, 0.25) is 0 Å². The summed E-state index contributed by atoms with van der Waals surface area (Å²) in [5.74, 6) is 0.503. The van der Waals surface area contributed by atoms with E-state index in [1.54, 1.807) is 18.2 Å². The second kappa shape index (κ2) is 10.8. The van der Waals surface area contributed by atoms with Crippen molar-refractivity contribution in [1.29, 1.82) is 0 Å². The molecule has 1 N–H and O–H groups in total. The minimum Gasteiger partial charge on any atom is -0.508 e. The molecule has 0 saturated carbocycles. The minimum absolute atomic E-state index is 0.185. The van der Waals surface area contributed by atoms with Gasteiger partial charge in [-0.3, -0.25) is 0 Å². The van der Waals surface area contributed by atoms with E-state index >= 15 is 0 Å². The smallest absolute Gasteiger partial charge is 0.416 e. The van der Waals surface area contributed by atoms with Crippen LogP contribution < -0.4 is 0 Å². The zero-order valence-corrected chi connectivity index (χ0v) is 19.6. The third kappa shape index (κ3) is 7.56. The average Bonchev–Trinajstić information content (AvgIpc) is 2.72. The Kier molecular flexibility index (Phi) is 8.08. The molecule has 7 heteroatoms. The molecule has 33 heavy (non-hydrogen) atoms. The van der Waals surface area contributed by atoms with Crippen LogP contribution in [0.25, 0.3) is 0 Å². The van der Waals surface area contributed by atoms with E-state index in [0.29, 0.717) is 29.9 Å². The van der Waals surface area contributed by atoms with Crippen molar-refractivity contribution in [2.24, 2.45) is 10.9 Å². The second-order valence-electron chi connectivity index (χ2n) is 8.30. The van der Waals surface area contributed by atoms with Crippen molar-refractivity contribution in [2.45, 2.75) is 38.4 Å². The molecule has 0 atom stereocenters. The maximum atomic E-state index is 13.0. The summed E-state index contributed by atoms with van der Waals surface area (Å²) in [5.41, 5.74) is 1.77. The SMILES string of the molecule is Cc1cccc(SC(=Nc2ccc(C(F)(F)F)cc2)N(Cc2cccc(O)c2)CC(C)C)c1. The normalized spacial score (nSPS) is 12.3. The number of aliphatic imine (C=N–C) groups is 1. The molecule has 3 aromatic carbocycles. The monoisotopic (exact) mass is 472 g/mol. The number of hydrogen-bond acceptors (Lipinski definition) is 3. The standard InChI is InChI=1S/C26H27F3N2OS/c1-18(2)16-31(17-20-7-5-8-23(32)15-20)25(33-24-9-4-6-19(3)14-24)30-22-12-10-21(11-13-22)26(27,28)29/h4-15,18,32H,16-17H2,1-3H3. The number of aryl methyl sites for hydroxylation is 1. The zero-order valence-electron chi connectivity index (χ0n) is 18.8. The molecule has 174 valence electrons. The van der Waals surface area contributed by atoms with Crippen LogP contribution in [0.3, 0.4) is 0 Å².